The number of hydrogen-bond acceptors (Lipinski definition) is 8. The highest BCUT2D eigenvalue weighted by atomic mass is 16.6. The molecule has 10 heteroatoms. The summed E-state index contributed by atoms with van der Waals surface area (Å²) in [5.41, 5.74) is 0.670. The molecule has 3 aliphatic rings. The van der Waals surface area contributed by atoms with Gasteiger partial charge in [0.25, 0.3) is 0 Å². The van der Waals surface area contributed by atoms with Gasteiger partial charge in [0.15, 0.2) is 17.3 Å². The van der Waals surface area contributed by atoms with E-state index in [9.17, 15) is 4.79 Å². The van der Waals surface area contributed by atoms with E-state index in [0.717, 1.165) is 32.7 Å². The molecule has 1 aromatic heterocycles. The number of fused-ring (bicyclic) bond motifs is 1. The molecule has 0 spiro atoms. The molecule has 172 valence electrons. The van der Waals surface area contributed by atoms with E-state index in [1.54, 1.807) is 23.1 Å². The number of aromatic nitrogens is 2. The number of benzene rings is 1. The molecule has 2 aromatic rings. The second kappa shape index (κ2) is 9.74. The van der Waals surface area contributed by atoms with Crippen LogP contribution in [0, 0.1) is 5.92 Å². The summed E-state index contributed by atoms with van der Waals surface area (Å²) in [6.07, 6.45) is 2.74. The number of carbonyl (C=O) groups is 1. The first kappa shape index (κ1) is 21.0. The summed E-state index contributed by atoms with van der Waals surface area (Å²) in [6.45, 7) is 5.11. The molecule has 0 saturated carbocycles. The fraction of sp³-hybridized carbons (Fsp3) is 0.591. The molecule has 32 heavy (non-hydrogen) atoms. The van der Waals surface area contributed by atoms with Gasteiger partial charge in [0.05, 0.1) is 12.5 Å². The van der Waals surface area contributed by atoms with Gasteiger partial charge in [-0.25, -0.2) is 4.79 Å². The fourth-order valence-corrected chi connectivity index (χ4v) is 3.99. The first-order valence-electron chi connectivity index (χ1n) is 11.2. The van der Waals surface area contributed by atoms with Gasteiger partial charge in [0.1, 0.15) is 13.2 Å². The molecule has 0 bridgehead atoms. The van der Waals surface area contributed by atoms with Crippen molar-refractivity contribution in [2.75, 3.05) is 58.0 Å². The Morgan fingerprint density at radius 1 is 1.12 bits per heavy atom. The normalized spacial score (nSPS) is 18.9. The third kappa shape index (κ3) is 4.97. The number of urea groups is 1. The maximum absolute atomic E-state index is 12.5. The van der Waals surface area contributed by atoms with Crippen LogP contribution in [0.15, 0.2) is 22.7 Å². The first-order chi connectivity index (χ1) is 15.7. The van der Waals surface area contributed by atoms with Gasteiger partial charge in [-0.1, -0.05) is 5.16 Å². The maximum atomic E-state index is 12.5. The Morgan fingerprint density at radius 2 is 1.94 bits per heavy atom. The zero-order chi connectivity index (χ0) is 21.8. The number of likely N-dealkylation sites (tertiary alicyclic amines) is 1. The Morgan fingerprint density at radius 3 is 2.78 bits per heavy atom. The third-order valence-corrected chi connectivity index (χ3v) is 5.96. The lowest BCUT2D eigenvalue weighted by molar-refractivity contribution is 0.0211. The summed E-state index contributed by atoms with van der Waals surface area (Å²) >= 11 is 0. The largest absolute Gasteiger partial charge is 0.486 e. The van der Waals surface area contributed by atoms with Gasteiger partial charge >= 0.3 is 6.03 Å². The molecule has 0 unspecified atom stereocenters. The number of nitrogens with one attached hydrogen (secondary N) is 1. The lowest BCUT2D eigenvalue weighted by Gasteiger charge is -2.36. The number of amides is 2. The van der Waals surface area contributed by atoms with Crippen molar-refractivity contribution in [2.45, 2.75) is 25.2 Å². The minimum Gasteiger partial charge on any atom is -0.486 e. The number of rotatable bonds is 7. The van der Waals surface area contributed by atoms with Gasteiger partial charge in [-0.05, 0) is 30.9 Å². The topological polar surface area (TPSA) is 108 Å². The summed E-state index contributed by atoms with van der Waals surface area (Å²) < 4.78 is 27.6. The van der Waals surface area contributed by atoms with Crippen molar-refractivity contribution in [3.8, 4) is 11.5 Å². The van der Waals surface area contributed by atoms with Crippen LogP contribution in [0.1, 0.15) is 30.5 Å². The van der Waals surface area contributed by atoms with Gasteiger partial charge in [-0.3, -0.25) is 0 Å². The summed E-state index contributed by atoms with van der Waals surface area (Å²) in [7, 11) is 0. The molecular weight excluding hydrogens is 416 g/mol. The number of hydrogen-bond donors (Lipinski definition) is 1. The van der Waals surface area contributed by atoms with Crippen LogP contribution in [0.25, 0.3) is 0 Å². The highest BCUT2D eigenvalue weighted by Gasteiger charge is 2.35. The minimum atomic E-state index is -0.167. The van der Waals surface area contributed by atoms with Crippen molar-refractivity contribution in [1.29, 1.82) is 0 Å². The van der Waals surface area contributed by atoms with Crippen LogP contribution in [-0.2, 0) is 15.9 Å². The quantitative estimate of drug-likeness (QED) is 0.649. The molecule has 0 aliphatic carbocycles. The molecular formula is C22H28N4O6. The second-order valence-corrected chi connectivity index (χ2v) is 8.32. The molecule has 2 amide bonds. The molecule has 5 rings (SSSR count). The van der Waals surface area contributed by atoms with Crippen LogP contribution in [0.5, 0.6) is 11.5 Å². The van der Waals surface area contributed by atoms with E-state index in [1.165, 1.54) is 0 Å². The van der Waals surface area contributed by atoms with Crippen molar-refractivity contribution in [2.24, 2.45) is 5.92 Å². The predicted octanol–water partition coefficient (Wildman–Crippen LogP) is 2.46. The Bertz CT molecular complexity index is 923. The summed E-state index contributed by atoms with van der Waals surface area (Å²) in [4.78, 5) is 18.7. The highest BCUT2D eigenvalue weighted by Crippen LogP contribution is 2.33. The zero-order valence-electron chi connectivity index (χ0n) is 18.0. The fourth-order valence-electron chi connectivity index (χ4n) is 3.99. The van der Waals surface area contributed by atoms with Crippen LogP contribution in [0.3, 0.4) is 0 Å². The molecule has 2 fully saturated rings. The molecule has 0 radical (unpaired) electrons. The third-order valence-electron chi connectivity index (χ3n) is 5.96. The van der Waals surface area contributed by atoms with Gasteiger partial charge in [-0.15, -0.1) is 0 Å². The van der Waals surface area contributed by atoms with Gasteiger partial charge in [0.2, 0.25) is 5.89 Å². The monoisotopic (exact) mass is 444 g/mol. The zero-order valence-corrected chi connectivity index (χ0v) is 18.0. The Labute approximate surface area is 186 Å². The predicted molar refractivity (Wildman–Crippen MR) is 113 cm³/mol. The van der Waals surface area contributed by atoms with Gasteiger partial charge in [0, 0.05) is 51.1 Å². The smallest absolute Gasteiger partial charge is 0.321 e. The average Bonchev–Trinajstić information content (AvgIpc) is 3.25. The van der Waals surface area contributed by atoms with Crippen LogP contribution in [-0.4, -0.2) is 73.8 Å². The standard InChI is InChI=1S/C22H28N4O6/c27-22(23-17-1-2-18-19(11-17)31-10-9-30-18)26-12-16(13-26)21-24-20(25-32-21)5-8-29-14-15-3-6-28-7-4-15/h1-2,11,15-16H,3-10,12-14H2,(H,23,27). The molecule has 3 aliphatic heterocycles. The average molecular weight is 444 g/mol. The number of ether oxygens (including phenoxy) is 4. The molecule has 1 N–H and O–H groups in total. The van der Waals surface area contributed by atoms with E-state index in [1.807, 2.05) is 0 Å². The van der Waals surface area contributed by atoms with Crippen molar-refractivity contribution in [1.82, 2.24) is 15.0 Å². The second-order valence-electron chi connectivity index (χ2n) is 8.32. The van der Waals surface area contributed by atoms with Crippen LogP contribution in [0.4, 0.5) is 10.5 Å². The molecule has 1 aromatic carbocycles. The van der Waals surface area contributed by atoms with E-state index in [-0.39, 0.29) is 11.9 Å². The van der Waals surface area contributed by atoms with Crippen molar-refractivity contribution in [3.05, 3.63) is 29.9 Å². The van der Waals surface area contributed by atoms with Gasteiger partial charge < -0.3 is 33.7 Å². The minimum absolute atomic E-state index is 0.0606. The lowest BCUT2D eigenvalue weighted by Crippen LogP contribution is -2.50. The molecule has 2 saturated heterocycles. The summed E-state index contributed by atoms with van der Waals surface area (Å²) in [5, 5.41) is 6.94. The summed E-state index contributed by atoms with van der Waals surface area (Å²) in [5.74, 6) is 3.20. The number of nitrogens with zero attached hydrogens (tertiary/aromatic N) is 3. The molecule has 4 heterocycles. The van der Waals surface area contributed by atoms with Crippen molar-refractivity contribution >= 4 is 11.7 Å². The maximum Gasteiger partial charge on any atom is 0.321 e. The summed E-state index contributed by atoms with van der Waals surface area (Å²) in [6, 6.07) is 5.21. The van der Waals surface area contributed by atoms with Crippen LogP contribution < -0.4 is 14.8 Å². The number of carbonyl (C=O) groups excluding carboxylic acids is 1. The molecule has 0 atom stereocenters. The first-order valence-corrected chi connectivity index (χ1v) is 11.2. The SMILES string of the molecule is O=C(Nc1ccc2c(c1)OCCO2)N1CC(c2nc(CCOCC3CCOCC3)no2)C1. The van der Waals surface area contributed by atoms with E-state index in [0.29, 0.717) is 74.2 Å². The Hall–Kier alpha value is -2.85. The van der Waals surface area contributed by atoms with Crippen molar-refractivity contribution in [3.63, 3.8) is 0 Å². The van der Waals surface area contributed by atoms with E-state index >= 15 is 0 Å². The molecule has 10 nitrogen and oxygen atoms in total. The van der Waals surface area contributed by atoms with Crippen LogP contribution in [0.2, 0.25) is 0 Å². The van der Waals surface area contributed by atoms with E-state index < -0.39 is 0 Å². The highest BCUT2D eigenvalue weighted by molar-refractivity contribution is 5.90. The van der Waals surface area contributed by atoms with Gasteiger partial charge in [-0.2, -0.15) is 4.98 Å². The number of anilines is 1. The van der Waals surface area contributed by atoms with Crippen molar-refractivity contribution < 1.29 is 28.3 Å². The van der Waals surface area contributed by atoms with E-state index in [2.05, 4.69) is 15.5 Å². The Kier molecular flexibility index (Phi) is 6.40. The Balaban J connectivity index is 1.03. The van der Waals surface area contributed by atoms with Crippen LogP contribution >= 0.6 is 0 Å². The lowest BCUT2D eigenvalue weighted by atomic mass is 10.0. The van der Waals surface area contributed by atoms with E-state index in [4.69, 9.17) is 23.5 Å².